The van der Waals surface area contributed by atoms with E-state index < -0.39 is 5.54 Å². The molecule has 1 aromatic rings. The number of nitrogens with zero attached hydrogens (tertiary/aromatic N) is 1. The van der Waals surface area contributed by atoms with Crippen LogP contribution in [0.3, 0.4) is 0 Å². The summed E-state index contributed by atoms with van der Waals surface area (Å²) < 4.78 is 0. The molecule has 0 spiro atoms. The summed E-state index contributed by atoms with van der Waals surface area (Å²) >= 11 is 1.63. The summed E-state index contributed by atoms with van der Waals surface area (Å²) in [5.41, 5.74) is 0.453. The van der Waals surface area contributed by atoms with Crippen LogP contribution in [0, 0.1) is 5.92 Å². The molecule has 1 aliphatic carbocycles. The minimum absolute atomic E-state index is 0.00410. The topological polar surface area (TPSA) is 49.4 Å². The molecule has 0 radical (unpaired) electrons. The zero-order valence-corrected chi connectivity index (χ0v) is 11.8. The van der Waals surface area contributed by atoms with Gasteiger partial charge in [-0.15, -0.1) is 0 Å². The van der Waals surface area contributed by atoms with Gasteiger partial charge in [0.15, 0.2) is 0 Å². The van der Waals surface area contributed by atoms with Gasteiger partial charge in [-0.2, -0.15) is 11.3 Å². The Morgan fingerprint density at radius 1 is 1.47 bits per heavy atom. The van der Waals surface area contributed by atoms with Gasteiger partial charge in [-0.3, -0.25) is 9.59 Å². The van der Waals surface area contributed by atoms with Crippen molar-refractivity contribution < 1.29 is 9.59 Å². The maximum absolute atomic E-state index is 12.7. The molecule has 1 aliphatic heterocycles. The molecule has 5 heteroatoms. The van der Waals surface area contributed by atoms with Crippen LogP contribution in [0.4, 0.5) is 0 Å². The van der Waals surface area contributed by atoms with Crippen LogP contribution in [0.1, 0.15) is 31.7 Å². The van der Waals surface area contributed by atoms with E-state index in [9.17, 15) is 9.59 Å². The van der Waals surface area contributed by atoms with Crippen LogP contribution < -0.4 is 5.32 Å². The summed E-state index contributed by atoms with van der Waals surface area (Å²) in [5.74, 6) is 0.384. The predicted octanol–water partition coefficient (Wildman–Crippen LogP) is 1.77. The van der Waals surface area contributed by atoms with Crippen LogP contribution in [-0.4, -0.2) is 28.8 Å². The van der Waals surface area contributed by atoms with E-state index in [-0.39, 0.29) is 11.8 Å². The Bertz CT molecular complexity index is 496. The van der Waals surface area contributed by atoms with E-state index >= 15 is 0 Å². The molecule has 2 heterocycles. The van der Waals surface area contributed by atoms with Gasteiger partial charge in [-0.05, 0) is 48.1 Å². The average Bonchev–Trinajstić information content (AvgIpc) is 3.13. The van der Waals surface area contributed by atoms with Crippen molar-refractivity contribution in [1.29, 1.82) is 0 Å². The zero-order chi connectivity index (χ0) is 13.5. The first-order valence-corrected chi connectivity index (χ1v) is 7.65. The molecule has 4 nitrogen and oxygen atoms in total. The zero-order valence-electron chi connectivity index (χ0n) is 11.0. The first-order chi connectivity index (χ1) is 9.09. The van der Waals surface area contributed by atoms with Gasteiger partial charge in [-0.25, -0.2) is 0 Å². The summed E-state index contributed by atoms with van der Waals surface area (Å²) in [7, 11) is 0. The largest absolute Gasteiger partial charge is 0.342 e. The van der Waals surface area contributed by atoms with Crippen LogP contribution in [0.15, 0.2) is 16.8 Å². The van der Waals surface area contributed by atoms with Gasteiger partial charge in [-0.1, -0.05) is 0 Å². The quantitative estimate of drug-likeness (QED) is 0.916. The van der Waals surface area contributed by atoms with Crippen molar-refractivity contribution in [1.82, 2.24) is 10.2 Å². The molecule has 2 aliphatic rings. The third-order valence-electron chi connectivity index (χ3n) is 4.09. The smallest absolute Gasteiger partial charge is 0.248 e. The molecule has 19 heavy (non-hydrogen) atoms. The Labute approximate surface area is 116 Å². The van der Waals surface area contributed by atoms with Crippen molar-refractivity contribution in [2.24, 2.45) is 5.92 Å². The van der Waals surface area contributed by atoms with E-state index in [1.165, 1.54) is 0 Å². The molecule has 1 N–H and O–H groups in total. The lowest BCUT2D eigenvalue weighted by Crippen LogP contribution is -2.56. The predicted molar refractivity (Wildman–Crippen MR) is 73.6 cm³/mol. The van der Waals surface area contributed by atoms with E-state index in [0.29, 0.717) is 25.4 Å². The molecule has 1 unspecified atom stereocenters. The van der Waals surface area contributed by atoms with Crippen LogP contribution >= 0.6 is 11.3 Å². The summed E-state index contributed by atoms with van der Waals surface area (Å²) in [5, 5.41) is 7.02. The molecule has 1 aromatic heterocycles. The fourth-order valence-electron chi connectivity index (χ4n) is 2.76. The van der Waals surface area contributed by atoms with Gasteiger partial charge in [0.05, 0.1) is 0 Å². The summed E-state index contributed by atoms with van der Waals surface area (Å²) in [6.07, 6.45) is 2.47. The lowest BCUT2D eigenvalue weighted by atomic mass is 9.94. The van der Waals surface area contributed by atoms with Gasteiger partial charge in [0, 0.05) is 19.5 Å². The van der Waals surface area contributed by atoms with Gasteiger partial charge in [0.25, 0.3) is 0 Å². The van der Waals surface area contributed by atoms with Crippen molar-refractivity contribution in [2.45, 2.75) is 38.3 Å². The van der Waals surface area contributed by atoms with E-state index in [1.54, 1.807) is 11.3 Å². The van der Waals surface area contributed by atoms with E-state index in [0.717, 1.165) is 18.4 Å². The van der Waals surface area contributed by atoms with E-state index in [4.69, 9.17) is 0 Å². The molecule has 0 aromatic carbocycles. The number of hydrogen-bond donors (Lipinski definition) is 1. The molecule has 102 valence electrons. The van der Waals surface area contributed by atoms with Crippen LogP contribution in [0.25, 0.3) is 0 Å². The van der Waals surface area contributed by atoms with Crippen LogP contribution in [0.2, 0.25) is 0 Å². The minimum Gasteiger partial charge on any atom is -0.342 e. The van der Waals surface area contributed by atoms with E-state index in [1.807, 2.05) is 23.3 Å². The second kappa shape index (κ2) is 4.63. The third-order valence-corrected chi connectivity index (χ3v) is 4.82. The number of carbonyl (C=O) groups is 2. The molecule has 1 saturated heterocycles. The number of amides is 2. The molecular formula is C14H18N2O2S. The van der Waals surface area contributed by atoms with Crippen molar-refractivity contribution in [3.63, 3.8) is 0 Å². The second-order valence-electron chi connectivity index (χ2n) is 5.63. The standard InChI is InChI=1S/C14H18N2O2S/c1-14(11-2-3-11)13(18)16(6-4-12(17)15-14)8-10-5-7-19-9-10/h5,7,9,11H,2-4,6,8H2,1H3,(H,15,17). The molecule has 2 amide bonds. The number of carbonyl (C=O) groups excluding carboxylic acids is 2. The lowest BCUT2D eigenvalue weighted by molar-refractivity contribution is -0.139. The SMILES string of the molecule is CC1(C2CC2)NC(=O)CCN(Cc2ccsc2)C1=O. The molecule has 2 fully saturated rings. The monoisotopic (exact) mass is 278 g/mol. The van der Waals surface area contributed by atoms with Gasteiger partial charge in [0.1, 0.15) is 5.54 Å². The van der Waals surface area contributed by atoms with Crippen molar-refractivity contribution in [3.05, 3.63) is 22.4 Å². The summed E-state index contributed by atoms with van der Waals surface area (Å²) in [6, 6.07) is 2.03. The average molecular weight is 278 g/mol. The second-order valence-corrected chi connectivity index (χ2v) is 6.41. The first kappa shape index (κ1) is 12.7. The Morgan fingerprint density at radius 2 is 2.26 bits per heavy atom. The van der Waals surface area contributed by atoms with Crippen molar-refractivity contribution in [2.75, 3.05) is 6.54 Å². The molecule has 3 rings (SSSR count). The van der Waals surface area contributed by atoms with Gasteiger partial charge < -0.3 is 10.2 Å². The Hall–Kier alpha value is -1.36. The highest BCUT2D eigenvalue weighted by molar-refractivity contribution is 7.07. The Balaban J connectivity index is 1.83. The van der Waals surface area contributed by atoms with Crippen molar-refractivity contribution in [3.8, 4) is 0 Å². The van der Waals surface area contributed by atoms with Gasteiger partial charge in [0.2, 0.25) is 11.8 Å². The number of thiophene rings is 1. The minimum atomic E-state index is -0.691. The number of nitrogens with one attached hydrogen (secondary N) is 1. The van der Waals surface area contributed by atoms with Crippen molar-refractivity contribution >= 4 is 23.2 Å². The molecule has 0 bridgehead atoms. The number of hydrogen-bond acceptors (Lipinski definition) is 3. The van der Waals surface area contributed by atoms with Crippen LogP contribution in [-0.2, 0) is 16.1 Å². The third kappa shape index (κ3) is 2.39. The maximum atomic E-state index is 12.7. The molecule has 1 saturated carbocycles. The fourth-order valence-corrected chi connectivity index (χ4v) is 3.42. The maximum Gasteiger partial charge on any atom is 0.248 e. The Morgan fingerprint density at radius 3 is 2.89 bits per heavy atom. The van der Waals surface area contributed by atoms with E-state index in [2.05, 4.69) is 10.7 Å². The molecular weight excluding hydrogens is 260 g/mol. The summed E-state index contributed by atoms with van der Waals surface area (Å²) in [6.45, 7) is 3.01. The highest BCUT2D eigenvalue weighted by atomic mass is 32.1. The van der Waals surface area contributed by atoms with Gasteiger partial charge >= 0.3 is 0 Å². The summed E-state index contributed by atoms with van der Waals surface area (Å²) in [4.78, 5) is 26.4. The highest BCUT2D eigenvalue weighted by Crippen LogP contribution is 2.41. The first-order valence-electron chi connectivity index (χ1n) is 6.71. The highest BCUT2D eigenvalue weighted by Gasteiger charge is 2.50. The molecule has 1 atom stereocenters. The fraction of sp³-hybridized carbons (Fsp3) is 0.571. The lowest BCUT2D eigenvalue weighted by Gasteiger charge is -2.32. The van der Waals surface area contributed by atoms with Crippen LogP contribution in [0.5, 0.6) is 0 Å². The Kier molecular flexibility index (Phi) is 3.09. The normalized spacial score (nSPS) is 28.2. The number of rotatable bonds is 3.